The number of anilines is 1. The highest BCUT2D eigenvalue weighted by Gasteiger charge is 2.33. The van der Waals surface area contributed by atoms with Crippen LogP contribution in [0.4, 0.5) is 5.69 Å². The van der Waals surface area contributed by atoms with Crippen LogP contribution in [0.1, 0.15) is 41.7 Å². The summed E-state index contributed by atoms with van der Waals surface area (Å²) in [6.07, 6.45) is 1.90. The lowest BCUT2D eigenvalue weighted by Crippen LogP contribution is -2.40. The zero-order chi connectivity index (χ0) is 24.7. The number of thiophene rings is 1. The van der Waals surface area contributed by atoms with E-state index in [9.17, 15) is 9.59 Å². The van der Waals surface area contributed by atoms with Gasteiger partial charge in [-0.05, 0) is 57.4 Å². The van der Waals surface area contributed by atoms with Crippen LogP contribution < -0.4 is 20.2 Å². The molecule has 1 N–H and O–H groups in total. The maximum atomic E-state index is 13.8. The highest BCUT2D eigenvalue weighted by molar-refractivity contribution is 7.10. The average molecular weight is 504 g/mol. The predicted octanol–water partition coefficient (Wildman–Crippen LogP) is 3.77. The summed E-state index contributed by atoms with van der Waals surface area (Å²) in [5.41, 5.74) is 4.46. The lowest BCUT2D eigenvalue weighted by atomic mass is 10.0. The van der Waals surface area contributed by atoms with Crippen LogP contribution in [-0.2, 0) is 11.3 Å². The zero-order valence-electron chi connectivity index (χ0n) is 19.9. The number of aryl methyl sites for hydroxylation is 2. The van der Waals surface area contributed by atoms with Crippen molar-refractivity contribution in [2.24, 2.45) is 4.99 Å². The van der Waals surface area contributed by atoms with Gasteiger partial charge in [-0.25, -0.2) is 4.99 Å². The van der Waals surface area contributed by atoms with Gasteiger partial charge in [-0.2, -0.15) is 5.10 Å². The Bertz CT molecular complexity index is 1620. The predicted molar refractivity (Wildman–Crippen MR) is 141 cm³/mol. The third-order valence-corrected chi connectivity index (χ3v) is 8.03. The Kier molecular flexibility index (Phi) is 6.12. The Morgan fingerprint density at radius 3 is 2.57 bits per heavy atom. The third-order valence-electron chi connectivity index (χ3n) is 6.12. The van der Waals surface area contributed by atoms with Crippen LogP contribution >= 0.6 is 22.7 Å². The average Bonchev–Trinajstić information content (AvgIpc) is 3.54. The highest BCUT2D eigenvalue weighted by Crippen LogP contribution is 2.33. The fourth-order valence-electron chi connectivity index (χ4n) is 4.41. The molecule has 1 aliphatic rings. The summed E-state index contributed by atoms with van der Waals surface area (Å²) in [5, 5.41) is 9.51. The van der Waals surface area contributed by atoms with Gasteiger partial charge in [0.05, 0.1) is 21.5 Å². The number of nitrogens with zero attached hydrogens (tertiary/aromatic N) is 4. The van der Waals surface area contributed by atoms with Crippen LogP contribution in [0.5, 0.6) is 0 Å². The molecule has 35 heavy (non-hydrogen) atoms. The molecule has 0 aliphatic carbocycles. The number of carbonyl (C=O) groups excluding carboxylic acids is 1. The highest BCUT2D eigenvalue weighted by atomic mass is 32.1. The van der Waals surface area contributed by atoms with Crippen molar-refractivity contribution < 1.29 is 4.79 Å². The summed E-state index contributed by atoms with van der Waals surface area (Å²) in [6, 6.07) is 12.7. The van der Waals surface area contributed by atoms with Gasteiger partial charge in [0.25, 0.3) is 11.5 Å². The fourth-order valence-corrected chi connectivity index (χ4v) is 6.26. The lowest BCUT2D eigenvalue weighted by molar-refractivity contribution is -0.113. The van der Waals surface area contributed by atoms with Gasteiger partial charge >= 0.3 is 0 Å². The smallest absolute Gasteiger partial charge is 0.271 e. The van der Waals surface area contributed by atoms with Gasteiger partial charge in [-0.3, -0.25) is 18.8 Å². The summed E-state index contributed by atoms with van der Waals surface area (Å²) in [5.74, 6) is -0.263. The number of aromatic nitrogens is 3. The van der Waals surface area contributed by atoms with E-state index in [-0.39, 0.29) is 11.5 Å². The molecule has 1 unspecified atom stereocenters. The van der Waals surface area contributed by atoms with Crippen LogP contribution in [0.15, 0.2) is 68.9 Å². The minimum Gasteiger partial charge on any atom is -0.322 e. The van der Waals surface area contributed by atoms with Crippen molar-refractivity contribution in [3.63, 3.8) is 0 Å². The largest absolute Gasteiger partial charge is 0.322 e. The van der Waals surface area contributed by atoms with E-state index in [1.54, 1.807) is 4.57 Å². The molecule has 7 nitrogen and oxygen atoms in total. The van der Waals surface area contributed by atoms with Gasteiger partial charge in [0.15, 0.2) is 4.80 Å². The van der Waals surface area contributed by atoms with Crippen molar-refractivity contribution in [1.82, 2.24) is 14.3 Å². The summed E-state index contributed by atoms with van der Waals surface area (Å²) in [7, 11) is 0. The van der Waals surface area contributed by atoms with Crippen LogP contribution in [0.3, 0.4) is 0 Å². The minimum atomic E-state index is -0.544. The van der Waals surface area contributed by atoms with E-state index in [1.165, 1.54) is 22.7 Å². The van der Waals surface area contributed by atoms with Crippen LogP contribution in [-0.4, -0.2) is 20.3 Å². The lowest BCUT2D eigenvalue weighted by Gasteiger charge is -2.24. The molecule has 1 aromatic carbocycles. The van der Waals surface area contributed by atoms with Crippen LogP contribution in [0.25, 0.3) is 6.08 Å². The fraction of sp³-hybridized carbons (Fsp3) is 0.231. The summed E-state index contributed by atoms with van der Waals surface area (Å²) in [4.78, 5) is 33.4. The molecule has 3 aromatic heterocycles. The Balaban J connectivity index is 1.67. The summed E-state index contributed by atoms with van der Waals surface area (Å²) in [6.45, 7) is 8.60. The molecule has 0 saturated carbocycles. The van der Waals surface area contributed by atoms with E-state index >= 15 is 0 Å². The maximum absolute atomic E-state index is 13.8. The first kappa shape index (κ1) is 23.2. The molecular formula is C26H25N5O2S2. The minimum absolute atomic E-state index is 0.160. The monoisotopic (exact) mass is 503 g/mol. The number of rotatable bonds is 5. The van der Waals surface area contributed by atoms with E-state index < -0.39 is 6.04 Å². The quantitative estimate of drug-likeness (QED) is 0.450. The number of hydrogen-bond acceptors (Lipinski definition) is 6. The number of fused-ring (bicyclic) bond motifs is 1. The molecule has 0 radical (unpaired) electrons. The number of hydrogen-bond donors (Lipinski definition) is 1. The van der Waals surface area contributed by atoms with E-state index in [0.29, 0.717) is 26.3 Å². The molecule has 0 spiro atoms. The number of benzene rings is 1. The number of allylic oxidation sites excluding steroid dienone is 1. The molecule has 178 valence electrons. The molecule has 0 saturated heterocycles. The molecule has 0 fully saturated rings. The molecule has 0 bridgehead atoms. The molecule has 1 atom stereocenters. The molecule has 4 heterocycles. The SMILES string of the molecule is CCn1nc(C)c(/C=c2\sc3n(c2=O)C(c2cccs2)C(C(=O)Nc2ccccc2)=C(C)N=3)c1C. The van der Waals surface area contributed by atoms with Crippen molar-refractivity contribution in [3.05, 3.63) is 101 Å². The van der Waals surface area contributed by atoms with Crippen molar-refractivity contribution in [3.8, 4) is 0 Å². The second kappa shape index (κ2) is 9.24. The van der Waals surface area contributed by atoms with Crippen molar-refractivity contribution in [2.45, 2.75) is 40.3 Å². The number of carbonyl (C=O) groups is 1. The number of para-hydroxylation sites is 1. The van der Waals surface area contributed by atoms with Gasteiger partial charge in [0, 0.05) is 28.4 Å². The van der Waals surface area contributed by atoms with Crippen molar-refractivity contribution in [2.75, 3.05) is 5.32 Å². The Labute approximate surface area is 210 Å². The first-order valence-corrected chi connectivity index (χ1v) is 13.0. The molecule has 9 heteroatoms. The zero-order valence-corrected chi connectivity index (χ0v) is 21.5. The van der Waals surface area contributed by atoms with Gasteiger partial charge < -0.3 is 5.32 Å². The van der Waals surface area contributed by atoms with Crippen LogP contribution in [0, 0.1) is 13.8 Å². The van der Waals surface area contributed by atoms with Crippen molar-refractivity contribution in [1.29, 1.82) is 0 Å². The molecule has 4 aromatic rings. The van der Waals surface area contributed by atoms with Gasteiger partial charge in [-0.1, -0.05) is 35.6 Å². The van der Waals surface area contributed by atoms with Gasteiger partial charge in [-0.15, -0.1) is 11.3 Å². The van der Waals surface area contributed by atoms with E-state index in [2.05, 4.69) is 10.4 Å². The van der Waals surface area contributed by atoms with E-state index in [4.69, 9.17) is 4.99 Å². The first-order valence-electron chi connectivity index (χ1n) is 11.4. The number of amides is 1. The van der Waals surface area contributed by atoms with Gasteiger partial charge in [0.1, 0.15) is 6.04 Å². The molecular weight excluding hydrogens is 478 g/mol. The topological polar surface area (TPSA) is 81.3 Å². The normalized spacial score (nSPS) is 15.8. The summed E-state index contributed by atoms with van der Waals surface area (Å²) >= 11 is 2.86. The second-order valence-electron chi connectivity index (χ2n) is 8.32. The van der Waals surface area contributed by atoms with Gasteiger partial charge in [0.2, 0.25) is 0 Å². The second-order valence-corrected chi connectivity index (χ2v) is 10.3. The first-order chi connectivity index (χ1) is 16.9. The standard InChI is InChI=1S/C26H25N5O2S2/c1-5-30-17(4)19(15(2)29-30)14-21-25(33)31-23(20-12-9-13-34-20)22(16(3)27-26(31)35-21)24(32)28-18-10-7-6-8-11-18/h6-14,23H,5H2,1-4H3,(H,28,32)/b21-14-. The molecule has 1 amide bonds. The summed E-state index contributed by atoms with van der Waals surface area (Å²) < 4.78 is 4.16. The van der Waals surface area contributed by atoms with E-state index in [0.717, 1.165) is 28.4 Å². The maximum Gasteiger partial charge on any atom is 0.271 e. The Hall–Kier alpha value is -3.56. The molecule has 5 rings (SSSR count). The molecule has 1 aliphatic heterocycles. The third kappa shape index (κ3) is 4.11. The number of nitrogens with one attached hydrogen (secondary N) is 1. The van der Waals surface area contributed by atoms with E-state index in [1.807, 2.05) is 86.3 Å². The van der Waals surface area contributed by atoms with Crippen molar-refractivity contribution >= 4 is 40.3 Å². The Morgan fingerprint density at radius 2 is 1.91 bits per heavy atom. The number of thiazole rings is 1. The van der Waals surface area contributed by atoms with Crippen LogP contribution in [0.2, 0.25) is 0 Å². The Morgan fingerprint density at radius 1 is 1.14 bits per heavy atom.